The summed E-state index contributed by atoms with van der Waals surface area (Å²) in [4.78, 5) is 7.14. The summed E-state index contributed by atoms with van der Waals surface area (Å²) < 4.78 is 24.9. The zero-order valence-corrected chi connectivity index (χ0v) is 8.43. The van der Waals surface area contributed by atoms with E-state index >= 15 is 0 Å². The lowest BCUT2D eigenvalue weighted by Gasteiger charge is -2.02. The van der Waals surface area contributed by atoms with Gasteiger partial charge in [-0.25, -0.2) is 23.1 Å². The number of hydrogen-bond donors (Lipinski definition) is 1. The molecular weight excluding hydrogens is 214 g/mol. The number of nitrogens with one attached hydrogen (secondary N) is 1. The maximum Gasteiger partial charge on any atom is 0.243 e. The van der Waals surface area contributed by atoms with Crippen molar-refractivity contribution < 1.29 is 8.42 Å². The van der Waals surface area contributed by atoms with Gasteiger partial charge in [0, 0.05) is 6.54 Å². The lowest BCUT2D eigenvalue weighted by molar-refractivity contribution is 0.583. The molecule has 0 unspecified atom stereocenters. The van der Waals surface area contributed by atoms with E-state index in [0.717, 1.165) is 12.4 Å². The first kappa shape index (κ1) is 10.4. The molecule has 0 aliphatic rings. The number of halogens is 1. The van der Waals surface area contributed by atoms with Gasteiger partial charge >= 0.3 is 0 Å². The Hall–Kier alpha value is -0.720. The van der Waals surface area contributed by atoms with E-state index in [1.54, 1.807) is 6.92 Å². The highest BCUT2D eigenvalue weighted by atomic mass is 35.5. The lowest BCUT2D eigenvalue weighted by atomic mass is 10.7. The summed E-state index contributed by atoms with van der Waals surface area (Å²) in [5.41, 5.74) is 0. The molecule has 1 aromatic rings. The number of sulfonamides is 1. The van der Waals surface area contributed by atoms with Crippen molar-refractivity contribution in [2.45, 2.75) is 11.8 Å². The summed E-state index contributed by atoms with van der Waals surface area (Å²) >= 11 is 5.40. The molecular formula is C6H8ClN3O2S. The molecule has 7 heteroatoms. The molecule has 0 spiro atoms. The Labute approximate surface area is 81.2 Å². The summed E-state index contributed by atoms with van der Waals surface area (Å²) in [5, 5.41) is 0.0236. The van der Waals surface area contributed by atoms with Crippen molar-refractivity contribution >= 4 is 21.6 Å². The predicted molar refractivity (Wildman–Crippen MR) is 47.9 cm³/mol. The molecule has 0 atom stereocenters. The van der Waals surface area contributed by atoms with Gasteiger partial charge in [0.05, 0.1) is 12.4 Å². The van der Waals surface area contributed by atoms with Crippen LogP contribution in [0.15, 0.2) is 17.3 Å². The Bertz CT molecular complexity index is 375. The molecule has 0 fully saturated rings. The number of rotatable bonds is 3. The molecule has 1 aromatic heterocycles. The Morgan fingerprint density at radius 3 is 2.46 bits per heavy atom. The van der Waals surface area contributed by atoms with Crippen molar-refractivity contribution in [3.05, 3.63) is 17.7 Å². The first-order valence-electron chi connectivity index (χ1n) is 3.53. The minimum Gasteiger partial charge on any atom is -0.225 e. The van der Waals surface area contributed by atoms with Crippen LogP contribution in [0.5, 0.6) is 0 Å². The van der Waals surface area contributed by atoms with E-state index in [9.17, 15) is 8.42 Å². The van der Waals surface area contributed by atoms with Crippen molar-refractivity contribution in [1.82, 2.24) is 14.7 Å². The topological polar surface area (TPSA) is 72.0 Å². The minimum absolute atomic E-state index is 0.0127. The van der Waals surface area contributed by atoms with Gasteiger partial charge in [0.2, 0.25) is 15.3 Å². The van der Waals surface area contributed by atoms with Gasteiger partial charge in [-0.1, -0.05) is 6.92 Å². The zero-order valence-electron chi connectivity index (χ0n) is 6.86. The fraction of sp³-hybridized carbons (Fsp3) is 0.333. The van der Waals surface area contributed by atoms with Gasteiger partial charge in [-0.2, -0.15) is 0 Å². The maximum atomic E-state index is 11.3. The molecule has 72 valence electrons. The Kier molecular flexibility index (Phi) is 3.18. The number of nitrogens with zero attached hydrogens (tertiary/aromatic N) is 2. The first-order chi connectivity index (χ1) is 6.06. The predicted octanol–water partition coefficient (Wildman–Crippen LogP) is 0.428. The van der Waals surface area contributed by atoms with E-state index in [-0.39, 0.29) is 10.2 Å². The van der Waals surface area contributed by atoms with E-state index in [0.29, 0.717) is 6.54 Å². The fourth-order valence-corrected chi connectivity index (χ4v) is 1.74. The van der Waals surface area contributed by atoms with Crippen molar-refractivity contribution in [2.75, 3.05) is 6.54 Å². The molecule has 0 radical (unpaired) electrons. The van der Waals surface area contributed by atoms with Crippen LogP contribution in [-0.2, 0) is 10.0 Å². The van der Waals surface area contributed by atoms with Crippen molar-refractivity contribution in [1.29, 1.82) is 0 Å². The number of hydrogen-bond acceptors (Lipinski definition) is 4. The van der Waals surface area contributed by atoms with Gasteiger partial charge in [-0.3, -0.25) is 0 Å². The molecule has 1 N–H and O–H groups in total. The third kappa shape index (κ3) is 2.61. The van der Waals surface area contributed by atoms with E-state index in [1.165, 1.54) is 0 Å². The molecule has 0 aliphatic carbocycles. The molecule has 1 heterocycles. The molecule has 0 aliphatic heterocycles. The highest BCUT2D eigenvalue weighted by Gasteiger charge is 2.12. The second-order valence-electron chi connectivity index (χ2n) is 2.19. The van der Waals surface area contributed by atoms with Crippen LogP contribution >= 0.6 is 11.6 Å². The second-order valence-corrected chi connectivity index (χ2v) is 4.29. The summed E-state index contributed by atoms with van der Waals surface area (Å²) in [6, 6.07) is 0. The molecule has 0 saturated carbocycles. The van der Waals surface area contributed by atoms with Crippen LogP contribution < -0.4 is 4.72 Å². The Morgan fingerprint density at radius 2 is 2.00 bits per heavy atom. The molecule has 0 saturated heterocycles. The summed E-state index contributed by atoms with van der Waals surface area (Å²) in [6.07, 6.45) is 2.32. The third-order valence-corrected chi connectivity index (χ3v) is 2.94. The van der Waals surface area contributed by atoms with Gasteiger partial charge in [0.15, 0.2) is 0 Å². The van der Waals surface area contributed by atoms with Crippen LogP contribution in [0.25, 0.3) is 0 Å². The summed E-state index contributed by atoms with van der Waals surface area (Å²) in [5.74, 6) is 0. The molecule has 5 nitrogen and oxygen atoms in total. The fourth-order valence-electron chi connectivity index (χ4n) is 0.713. The average Bonchev–Trinajstić information content (AvgIpc) is 2.05. The zero-order chi connectivity index (χ0) is 9.90. The van der Waals surface area contributed by atoms with E-state index in [4.69, 9.17) is 11.6 Å². The lowest BCUT2D eigenvalue weighted by Crippen LogP contribution is -2.23. The van der Waals surface area contributed by atoms with E-state index in [2.05, 4.69) is 14.7 Å². The van der Waals surface area contributed by atoms with E-state index in [1.807, 2.05) is 0 Å². The van der Waals surface area contributed by atoms with Crippen LogP contribution in [0.3, 0.4) is 0 Å². The first-order valence-corrected chi connectivity index (χ1v) is 5.39. The van der Waals surface area contributed by atoms with Gasteiger partial charge in [0.25, 0.3) is 0 Å². The number of aromatic nitrogens is 2. The van der Waals surface area contributed by atoms with Crippen molar-refractivity contribution in [2.24, 2.45) is 0 Å². The van der Waals surface area contributed by atoms with Gasteiger partial charge in [-0.15, -0.1) is 0 Å². The largest absolute Gasteiger partial charge is 0.243 e. The van der Waals surface area contributed by atoms with Crippen molar-refractivity contribution in [3.8, 4) is 0 Å². The minimum atomic E-state index is -3.46. The molecule has 0 bridgehead atoms. The van der Waals surface area contributed by atoms with Gasteiger partial charge in [-0.05, 0) is 11.6 Å². The van der Waals surface area contributed by atoms with Crippen LogP contribution in [-0.4, -0.2) is 24.9 Å². The Morgan fingerprint density at radius 1 is 1.46 bits per heavy atom. The molecule has 1 rings (SSSR count). The summed E-state index contributed by atoms with van der Waals surface area (Å²) in [7, 11) is -3.46. The summed E-state index contributed by atoms with van der Waals surface area (Å²) in [6.45, 7) is 2.01. The molecule has 0 amide bonds. The molecule has 0 aromatic carbocycles. The SMILES string of the molecule is CCNS(=O)(=O)c1cnc(Cl)nc1. The van der Waals surface area contributed by atoms with Crippen LogP contribution in [0, 0.1) is 0 Å². The van der Waals surface area contributed by atoms with Crippen LogP contribution in [0.2, 0.25) is 5.28 Å². The van der Waals surface area contributed by atoms with E-state index < -0.39 is 10.0 Å². The van der Waals surface area contributed by atoms with Crippen molar-refractivity contribution in [3.63, 3.8) is 0 Å². The third-order valence-electron chi connectivity index (χ3n) is 1.24. The normalized spacial score (nSPS) is 11.5. The monoisotopic (exact) mass is 221 g/mol. The Balaban J connectivity index is 3.02. The highest BCUT2D eigenvalue weighted by Crippen LogP contribution is 2.06. The standard InChI is InChI=1S/C6H8ClN3O2S/c1-2-10-13(11,12)5-3-8-6(7)9-4-5/h3-4,10H,2H2,1H3. The smallest absolute Gasteiger partial charge is 0.225 e. The van der Waals surface area contributed by atoms with Crippen LogP contribution in [0.1, 0.15) is 6.92 Å². The van der Waals surface area contributed by atoms with Gasteiger partial charge in [0.1, 0.15) is 4.90 Å². The quantitative estimate of drug-likeness (QED) is 0.752. The average molecular weight is 222 g/mol. The molecule has 13 heavy (non-hydrogen) atoms. The highest BCUT2D eigenvalue weighted by molar-refractivity contribution is 7.89. The second kappa shape index (κ2) is 3.99. The van der Waals surface area contributed by atoms with Gasteiger partial charge < -0.3 is 0 Å². The maximum absolute atomic E-state index is 11.3. The van der Waals surface area contributed by atoms with Crippen LogP contribution in [0.4, 0.5) is 0 Å².